The number of rotatable bonds is 3. The molecule has 1 saturated heterocycles. The maximum atomic E-state index is 12.3. The van der Waals surface area contributed by atoms with Gasteiger partial charge in [0.15, 0.2) is 0 Å². The number of carbonyl (C=O) groups excluding carboxylic acids is 1. The topological polar surface area (TPSA) is 55.3 Å². The highest BCUT2D eigenvalue weighted by atomic mass is 79.9. The molecule has 0 aromatic carbocycles. The molecule has 0 radical (unpaired) electrons. The van der Waals surface area contributed by atoms with E-state index in [2.05, 4.69) is 25.9 Å². The van der Waals surface area contributed by atoms with Crippen LogP contribution in [0, 0.1) is 0 Å². The zero-order valence-electron chi connectivity index (χ0n) is 10.8. The molecule has 1 atom stereocenters. The summed E-state index contributed by atoms with van der Waals surface area (Å²) >= 11 is 10.5. The van der Waals surface area contributed by atoms with Gasteiger partial charge < -0.3 is 9.64 Å². The molecule has 21 heavy (non-hydrogen) atoms. The summed E-state index contributed by atoms with van der Waals surface area (Å²) in [5, 5.41) is 2.37. The second-order valence-corrected chi connectivity index (χ2v) is 6.86. The summed E-state index contributed by atoms with van der Waals surface area (Å²) in [4.78, 5) is 22.8. The van der Waals surface area contributed by atoms with Crippen LogP contribution in [0.1, 0.15) is 16.1 Å². The predicted molar refractivity (Wildman–Crippen MR) is 84.0 cm³/mol. The number of hydrogen-bond donors (Lipinski definition) is 0. The van der Waals surface area contributed by atoms with Gasteiger partial charge >= 0.3 is 6.01 Å². The number of carbonyl (C=O) groups is 1. The molecule has 1 fully saturated rings. The highest BCUT2D eigenvalue weighted by Crippen LogP contribution is 2.24. The van der Waals surface area contributed by atoms with E-state index in [0.29, 0.717) is 18.1 Å². The lowest BCUT2D eigenvalue weighted by atomic mass is 10.3. The molecule has 0 N–H and O–H groups in total. The van der Waals surface area contributed by atoms with Gasteiger partial charge in [0, 0.05) is 22.8 Å². The van der Waals surface area contributed by atoms with Gasteiger partial charge in [0.05, 0.1) is 28.8 Å². The average Bonchev–Trinajstić information content (AvgIpc) is 3.10. The van der Waals surface area contributed by atoms with E-state index in [1.165, 1.54) is 23.7 Å². The summed E-state index contributed by atoms with van der Waals surface area (Å²) < 4.78 is 6.60. The Kier molecular flexibility index (Phi) is 4.42. The number of amides is 1. The Morgan fingerprint density at radius 1 is 1.48 bits per heavy atom. The third kappa shape index (κ3) is 3.53. The second kappa shape index (κ2) is 6.29. The van der Waals surface area contributed by atoms with Crippen LogP contribution in [-0.2, 0) is 0 Å². The smallest absolute Gasteiger partial charge is 0.316 e. The van der Waals surface area contributed by atoms with Gasteiger partial charge in [-0.1, -0.05) is 11.6 Å². The lowest BCUT2D eigenvalue weighted by molar-refractivity contribution is 0.0774. The maximum absolute atomic E-state index is 12.3. The minimum absolute atomic E-state index is 0.0359. The fraction of sp³-hybridized carbons (Fsp3) is 0.308. The van der Waals surface area contributed by atoms with Gasteiger partial charge in [0.1, 0.15) is 6.10 Å². The molecule has 0 saturated carbocycles. The SMILES string of the molecule is O=C(c1cc(Br)cs1)N1CC[C@@H](Oc2ncc(Cl)cn2)C1. The number of halogens is 2. The van der Waals surface area contributed by atoms with Gasteiger partial charge in [-0.05, 0) is 22.0 Å². The normalized spacial score (nSPS) is 18.0. The van der Waals surface area contributed by atoms with E-state index in [-0.39, 0.29) is 18.0 Å². The first-order valence-corrected chi connectivity index (χ1v) is 8.34. The zero-order chi connectivity index (χ0) is 14.8. The van der Waals surface area contributed by atoms with E-state index in [0.717, 1.165) is 15.8 Å². The Bertz CT molecular complexity index is 649. The molecule has 1 amide bonds. The van der Waals surface area contributed by atoms with Gasteiger partial charge in [-0.25, -0.2) is 9.97 Å². The Labute approximate surface area is 139 Å². The van der Waals surface area contributed by atoms with Crippen molar-refractivity contribution in [3.05, 3.63) is 38.2 Å². The largest absolute Gasteiger partial charge is 0.458 e. The summed E-state index contributed by atoms with van der Waals surface area (Å²) in [7, 11) is 0. The molecular weight excluding hydrogens is 378 g/mol. The van der Waals surface area contributed by atoms with E-state index in [4.69, 9.17) is 16.3 Å². The second-order valence-electron chi connectivity index (χ2n) is 4.59. The van der Waals surface area contributed by atoms with E-state index in [1.54, 1.807) is 4.90 Å². The van der Waals surface area contributed by atoms with Gasteiger partial charge in [0.25, 0.3) is 5.91 Å². The molecule has 0 aliphatic carbocycles. The van der Waals surface area contributed by atoms with Crippen LogP contribution in [0.3, 0.4) is 0 Å². The van der Waals surface area contributed by atoms with Crippen molar-refractivity contribution in [1.82, 2.24) is 14.9 Å². The van der Waals surface area contributed by atoms with Crippen LogP contribution in [0.4, 0.5) is 0 Å². The lowest BCUT2D eigenvalue weighted by Gasteiger charge is -2.15. The Morgan fingerprint density at radius 3 is 2.90 bits per heavy atom. The molecule has 0 spiro atoms. The summed E-state index contributed by atoms with van der Waals surface area (Å²) in [6.45, 7) is 1.22. The van der Waals surface area contributed by atoms with Crippen LogP contribution in [0.5, 0.6) is 6.01 Å². The lowest BCUT2D eigenvalue weighted by Crippen LogP contribution is -2.30. The van der Waals surface area contributed by atoms with Crippen molar-refractivity contribution >= 4 is 44.8 Å². The fourth-order valence-electron chi connectivity index (χ4n) is 2.10. The van der Waals surface area contributed by atoms with E-state index in [9.17, 15) is 4.79 Å². The predicted octanol–water partition coefficient (Wildman–Crippen LogP) is 3.25. The first-order chi connectivity index (χ1) is 10.1. The number of ether oxygens (including phenoxy) is 1. The van der Waals surface area contributed by atoms with Crippen molar-refractivity contribution in [3.8, 4) is 6.01 Å². The highest BCUT2D eigenvalue weighted by Gasteiger charge is 2.29. The molecule has 0 bridgehead atoms. The number of likely N-dealkylation sites (tertiary alicyclic amines) is 1. The zero-order valence-corrected chi connectivity index (χ0v) is 14.0. The van der Waals surface area contributed by atoms with Crippen molar-refractivity contribution in [2.24, 2.45) is 0 Å². The van der Waals surface area contributed by atoms with Crippen LogP contribution in [0.15, 0.2) is 28.3 Å². The third-order valence-electron chi connectivity index (χ3n) is 3.08. The highest BCUT2D eigenvalue weighted by molar-refractivity contribution is 9.10. The monoisotopic (exact) mass is 387 g/mol. The van der Waals surface area contributed by atoms with Crippen LogP contribution in [-0.4, -0.2) is 40.0 Å². The van der Waals surface area contributed by atoms with Crippen molar-refractivity contribution in [3.63, 3.8) is 0 Å². The summed E-state index contributed by atoms with van der Waals surface area (Å²) in [6.07, 6.45) is 3.67. The molecule has 0 unspecified atom stereocenters. The van der Waals surface area contributed by atoms with Crippen molar-refractivity contribution < 1.29 is 9.53 Å². The molecule has 3 heterocycles. The molecule has 5 nitrogen and oxygen atoms in total. The standard InChI is InChI=1S/C13H11BrClN3O2S/c14-8-3-11(21-7-8)12(19)18-2-1-10(6-18)20-13-16-4-9(15)5-17-13/h3-5,7,10H,1-2,6H2/t10-/m1/s1. The van der Waals surface area contributed by atoms with Gasteiger partial charge in [-0.15, -0.1) is 11.3 Å². The van der Waals surface area contributed by atoms with E-state index in [1.807, 2.05) is 11.4 Å². The van der Waals surface area contributed by atoms with Crippen molar-refractivity contribution in [1.29, 1.82) is 0 Å². The van der Waals surface area contributed by atoms with Crippen LogP contribution in [0.2, 0.25) is 5.02 Å². The van der Waals surface area contributed by atoms with Crippen LogP contribution in [0.25, 0.3) is 0 Å². The minimum Gasteiger partial charge on any atom is -0.458 e. The maximum Gasteiger partial charge on any atom is 0.316 e. The number of nitrogens with zero attached hydrogens (tertiary/aromatic N) is 3. The molecule has 2 aromatic heterocycles. The molecular formula is C13H11BrClN3O2S. The number of aromatic nitrogens is 2. The van der Waals surface area contributed by atoms with Crippen molar-refractivity contribution in [2.75, 3.05) is 13.1 Å². The Hall–Kier alpha value is -1.18. The van der Waals surface area contributed by atoms with Gasteiger partial charge in [-0.2, -0.15) is 0 Å². The van der Waals surface area contributed by atoms with Crippen LogP contribution < -0.4 is 4.74 Å². The third-order valence-corrected chi connectivity index (χ3v) is 4.95. The first-order valence-electron chi connectivity index (χ1n) is 6.29. The average molecular weight is 389 g/mol. The number of hydrogen-bond acceptors (Lipinski definition) is 5. The molecule has 8 heteroatoms. The fourth-order valence-corrected chi connectivity index (χ4v) is 3.59. The van der Waals surface area contributed by atoms with Crippen molar-refractivity contribution in [2.45, 2.75) is 12.5 Å². The number of thiophene rings is 1. The van der Waals surface area contributed by atoms with Crippen LogP contribution >= 0.6 is 38.9 Å². The van der Waals surface area contributed by atoms with Gasteiger partial charge in [-0.3, -0.25) is 4.79 Å². The summed E-state index contributed by atoms with van der Waals surface area (Å²) in [6, 6.07) is 2.13. The molecule has 3 rings (SSSR count). The summed E-state index contributed by atoms with van der Waals surface area (Å²) in [5.74, 6) is 0.0359. The molecule has 2 aromatic rings. The Morgan fingerprint density at radius 2 is 2.24 bits per heavy atom. The molecule has 110 valence electrons. The Balaban J connectivity index is 1.60. The summed E-state index contributed by atoms with van der Waals surface area (Å²) in [5.41, 5.74) is 0. The molecule has 1 aliphatic heterocycles. The van der Waals surface area contributed by atoms with Gasteiger partial charge in [0.2, 0.25) is 0 Å². The minimum atomic E-state index is -0.0847. The molecule has 1 aliphatic rings. The van der Waals surface area contributed by atoms with E-state index >= 15 is 0 Å². The first kappa shape index (κ1) is 14.7. The van der Waals surface area contributed by atoms with E-state index < -0.39 is 0 Å². The quantitative estimate of drug-likeness (QED) is 0.810.